The van der Waals surface area contributed by atoms with Crippen molar-refractivity contribution in [3.63, 3.8) is 0 Å². The topological polar surface area (TPSA) is 118 Å². The summed E-state index contributed by atoms with van der Waals surface area (Å²) in [6.45, 7) is 1.90. The Kier molecular flexibility index (Phi) is 6.86. The van der Waals surface area contributed by atoms with Gasteiger partial charge >= 0.3 is 12.0 Å². The van der Waals surface area contributed by atoms with Crippen LogP contribution in [0.5, 0.6) is 0 Å². The zero-order valence-corrected chi connectivity index (χ0v) is 20.4. The zero-order chi connectivity index (χ0) is 26.6. The summed E-state index contributed by atoms with van der Waals surface area (Å²) in [5.74, 6) is -0.964. The Morgan fingerprint density at radius 1 is 1.05 bits per heavy atom. The van der Waals surface area contributed by atoms with Crippen molar-refractivity contribution < 1.29 is 18.7 Å². The number of pyridine rings is 1. The van der Waals surface area contributed by atoms with E-state index in [1.165, 1.54) is 16.9 Å². The third-order valence-corrected chi connectivity index (χ3v) is 6.04. The monoisotopic (exact) mass is 513 g/mol. The van der Waals surface area contributed by atoms with Crippen molar-refractivity contribution in [3.8, 4) is 16.9 Å². The highest BCUT2D eigenvalue weighted by Crippen LogP contribution is 2.27. The van der Waals surface area contributed by atoms with Gasteiger partial charge in [0.25, 0.3) is 5.56 Å². The molecule has 0 saturated heterocycles. The maximum Gasteiger partial charge on any atom is 0.329 e. The van der Waals surface area contributed by atoms with Crippen molar-refractivity contribution >= 4 is 28.6 Å². The highest BCUT2D eigenvalue weighted by molar-refractivity contribution is 5.94. The Labute approximate surface area is 216 Å². The minimum Gasteiger partial charge on any atom is -0.464 e. The molecule has 3 N–H and O–H groups in total. The molecular weight excluding hydrogens is 489 g/mol. The lowest BCUT2D eigenvalue weighted by Gasteiger charge is -2.18. The Morgan fingerprint density at radius 3 is 2.55 bits per heavy atom. The van der Waals surface area contributed by atoms with Crippen LogP contribution in [0.4, 0.5) is 14.9 Å². The smallest absolute Gasteiger partial charge is 0.329 e. The van der Waals surface area contributed by atoms with Gasteiger partial charge in [0.05, 0.1) is 23.4 Å². The first-order valence-electron chi connectivity index (χ1n) is 12.0. The second-order valence-electron chi connectivity index (χ2n) is 8.57. The first kappa shape index (κ1) is 24.7. The highest BCUT2D eigenvalue weighted by Gasteiger charge is 2.23. The van der Waals surface area contributed by atoms with Gasteiger partial charge < -0.3 is 20.4 Å². The lowest BCUT2D eigenvalue weighted by Crippen LogP contribution is -2.45. The number of halogens is 1. The van der Waals surface area contributed by atoms with Crippen molar-refractivity contribution in [2.75, 3.05) is 11.9 Å². The van der Waals surface area contributed by atoms with E-state index < -0.39 is 23.9 Å². The van der Waals surface area contributed by atoms with Crippen molar-refractivity contribution in [2.45, 2.75) is 19.4 Å². The van der Waals surface area contributed by atoms with E-state index >= 15 is 0 Å². The maximum absolute atomic E-state index is 14.2. The van der Waals surface area contributed by atoms with Gasteiger partial charge in [-0.15, -0.1) is 0 Å². The molecule has 1 unspecified atom stereocenters. The molecule has 10 heteroatoms. The minimum absolute atomic E-state index is 0.196. The Hall–Kier alpha value is -4.99. The van der Waals surface area contributed by atoms with Gasteiger partial charge in [0, 0.05) is 23.7 Å². The van der Waals surface area contributed by atoms with E-state index in [1.54, 1.807) is 43.3 Å². The fourth-order valence-corrected chi connectivity index (χ4v) is 4.23. The lowest BCUT2D eigenvalue weighted by atomic mass is 10.1. The number of anilines is 1. The molecule has 3 aromatic rings. The van der Waals surface area contributed by atoms with Gasteiger partial charge in [-0.3, -0.25) is 4.79 Å². The van der Waals surface area contributed by atoms with Gasteiger partial charge in [-0.1, -0.05) is 42.5 Å². The van der Waals surface area contributed by atoms with Crippen LogP contribution in [-0.4, -0.2) is 39.4 Å². The average Bonchev–Trinajstić information content (AvgIpc) is 3.26. The van der Waals surface area contributed by atoms with Crippen LogP contribution in [0.2, 0.25) is 0 Å². The number of aromatic amines is 1. The Bertz CT molecular complexity index is 1630. The highest BCUT2D eigenvalue weighted by atomic mass is 19.1. The molecular formula is C28H24FN5O4. The summed E-state index contributed by atoms with van der Waals surface area (Å²) in [4.78, 5) is 40.9. The number of esters is 1. The Balaban J connectivity index is 1.33. The largest absolute Gasteiger partial charge is 0.464 e. The molecule has 0 aliphatic carbocycles. The third-order valence-electron chi connectivity index (χ3n) is 6.04. The van der Waals surface area contributed by atoms with Crippen LogP contribution in [0.25, 0.3) is 27.8 Å². The van der Waals surface area contributed by atoms with Crippen LogP contribution < -0.4 is 16.2 Å². The molecule has 9 nitrogen and oxygen atoms in total. The van der Waals surface area contributed by atoms with Gasteiger partial charge in [0.2, 0.25) is 0 Å². The molecule has 192 valence electrons. The molecule has 0 aromatic heterocycles. The van der Waals surface area contributed by atoms with Gasteiger partial charge in [-0.05, 0) is 42.8 Å². The van der Waals surface area contributed by atoms with Crippen LogP contribution in [-0.2, 0) is 16.0 Å². The molecule has 0 spiro atoms. The molecule has 0 bridgehead atoms. The number of carbonyl (C=O) groups excluding carboxylic acids is 2. The number of nitrogens with zero attached hydrogens (tertiary/aromatic N) is 2. The number of ether oxygens (including phenoxy) is 1. The number of para-hydroxylation sites is 1. The van der Waals surface area contributed by atoms with Crippen LogP contribution in [0.1, 0.15) is 12.5 Å². The number of hydrogen-bond acceptors (Lipinski definition) is 5. The lowest BCUT2D eigenvalue weighted by molar-refractivity contribution is -0.145. The van der Waals surface area contributed by atoms with Crippen molar-refractivity contribution in [3.05, 3.63) is 101 Å². The normalized spacial score (nSPS) is 11.8. The number of nitrogens with one attached hydrogen (secondary N) is 3. The number of H-pyrrole nitrogens is 1. The van der Waals surface area contributed by atoms with Crippen molar-refractivity contribution in [2.24, 2.45) is 0 Å². The second-order valence-corrected chi connectivity index (χ2v) is 8.57. The second kappa shape index (κ2) is 10.6. The van der Waals surface area contributed by atoms with Gasteiger partial charge in [-0.25, -0.2) is 14.0 Å². The molecule has 2 aliphatic rings. The molecule has 0 radical (unpaired) electrons. The molecule has 1 atom stereocenters. The molecule has 0 saturated carbocycles. The number of rotatable bonds is 7. The Morgan fingerprint density at radius 2 is 1.82 bits per heavy atom. The van der Waals surface area contributed by atoms with Crippen molar-refractivity contribution in [1.29, 1.82) is 0 Å². The predicted molar refractivity (Wildman–Crippen MR) is 141 cm³/mol. The van der Waals surface area contributed by atoms with Crippen LogP contribution >= 0.6 is 0 Å². The molecule has 2 heterocycles. The van der Waals surface area contributed by atoms with Crippen LogP contribution in [0, 0.1) is 5.82 Å². The van der Waals surface area contributed by atoms with Crippen molar-refractivity contribution in [1.82, 2.24) is 20.1 Å². The summed E-state index contributed by atoms with van der Waals surface area (Å²) in [7, 11) is 0. The van der Waals surface area contributed by atoms with E-state index in [-0.39, 0.29) is 24.1 Å². The fourth-order valence-electron chi connectivity index (χ4n) is 4.23. The number of hydrogen-bond donors (Lipinski definition) is 3. The minimum atomic E-state index is -0.868. The molecule has 3 aromatic carbocycles. The zero-order valence-electron chi connectivity index (χ0n) is 20.4. The first-order chi connectivity index (χ1) is 18.4. The number of urea groups is 1. The predicted octanol–water partition coefficient (Wildman–Crippen LogP) is 4.25. The number of benzene rings is 3. The number of fused-ring (bicyclic) bond motifs is 3. The van der Waals surface area contributed by atoms with E-state index in [4.69, 9.17) is 4.74 Å². The molecule has 38 heavy (non-hydrogen) atoms. The first-order valence-corrected chi connectivity index (χ1v) is 12.0. The average molecular weight is 514 g/mol. The van der Waals surface area contributed by atoms with E-state index in [9.17, 15) is 18.8 Å². The SMILES string of the molecule is CCOC(=O)C(Cc1ccccc1)NC(=O)Nc1ccc(-n2nc3c4cccc(F)c4[nH]cc-3c2=O)cc1. The van der Waals surface area contributed by atoms with E-state index in [0.29, 0.717) is 28.0 Å². The van der Waals surface area contributed by atoms with Crippen LogP contribution in [0.3, 0.4) is 0 Å². The van der Waals surface area contributed by atoms with Gasteiger partial charge in [-0.2, -0.15) is 9.78 Å². The summed E-state index contributed by atoms with van der Waals surface area (Å²) in [6.07, 6.45) is 1.73. The summed E-state index contributed by atoms with van der Waals surface area (Å²) in [5, 5.41) is 10.3. The van der Waals surface area contributed by atoms with E-state index in [0.717, 1.165) is 5.56 Å². The summed E-state index contributed by atoms with van der Waals surface area (Å²) >= 11 is 0. The maximum atomic E-state index is 14.2. The number of amides is 2. The molecule has 0 fully saturated rings. The molecule has 5 rings (SSSR count). The van der Waals surface area contributed by atoms with Crippen LogP contribution in [0.15, 0.2) is 83.8 Å². The number of carbonyl (C=O) groups is 2. The summed E-state index contributed by atoms with van der Waals surface area (Å²) in [6, 6.07) is 18.9. The van der Waals surface area contributed by atoms with E-state index in [2.05, 4.69) is 20.7 Å². The van der Waals surface area contributed by atoms with Gasteiger partial charge in [0.15, 0.2) is 0 Å². The van der Waals surface area contributed by atoms with Gasteiger partial charge in [0.1, 0.15) is 17.6 Å². The molecule has 2 amide bonds. The standard InChI is InChI=1S/C28H24FN5O4/c1-2-38-27(36)23(15-17-7-4-3-5-8-17)32-28(37)31-18-11-13-19(14-12-18)34-26(35)21-16-30-25-20(24(21)33-34)9-6-10-22(25)29/h3-14,16,23,30H,2,15H2,1H3,(H2,31,32,37). The quantitative estimate of drug-likeness (QED) is 0.281. The number of aromatic nitrogens is 3. The third kappa shape index (κ3) is 4.96. The summed E-state index contributed by atoms with van der Waals surface area (Å²) in [5.41, 5.74) is 2.40. The molecule has 2 aliphatic heterocycles. The van der Waals surface area contributed by atoms with E-state index in [1.807, 2.05) is 30.3 Å². The fraction of sp³-hybridized carbons (Fsp3) is 0.143. The summed E-state index contributed by atoms with van der Waals surface area (Å²) < 4.78 is 20.5.